The molecule has 0 spiro atoms. The van der Waals surface area contributed by atoms with Crippen LogP contribution in [0.15, 0.2) is 42.8 Å². The summed E-state index contributed by atoms with van der Waals surface area (Å²) in [6.45, 7) is 14.8. The SMILES string of the molecule is C=C/C=C(\C=C)c1nc(N2CCOCC2)c2sccc2n1.CC. The fourth-order valence-electron chi connectivity index (χ4n) is 2.33. The van der Waals surface area contributed by atoms with Gasteiger partial charge in [-0.05, 0) is 11.4 Å². The maximum Gasteiger partial charge on any atom is 0.162 e. The number of anilines is 1. The summed E-state index contributed by atoms with van der Waals surface area (Å²) in [5, 5.41) is 2.05. The Labute approximate surface area is 141 Å². The second kappa shape index (κ2) is 8.60. The van der Waals surface area contributed by atoms with Crippen LogP contribution in [0.5, 0.6) is 0 Å². The van der Waals surface area contributed by atoms with Crippen molar-refractivity contribution >= 4 is 32.9 Å². The number of ether oxygens (including phenoxy) is 1. The molecule has 2 aromatic heterocycles. The second-order valence-electron chi connectivity index (χ2n) is 4.67. The Kier molecular flexibility index (Phi) is 6.50. The van der Waals surface area contributed by atoms with Crippen LogP contribution in [0.1, 0.15) is 19.7 Å². The highest BCUT2D eigenvalue weighted by Crippen LogP contribution is 2.30. The van der Waals surface area contributed by atoms with Crippen molar-refractivity contribution in [3.8, 4) is 0 Å². The van der Waals surface area contributed by atoms with Crippen LogP contribution >= 0.6 is 11.3 Å². The largest absolute Gasteiger partial charge is 0.378 e. The molecule has 1 fully saturated rings. The molecule has 0 aliphatic carbocycles. The first-order valence-electron chi connectivity index (χ1n) is 7.87. The summed E-state index contributed by atoms with van der Waals surface area (Å²) in [7, 11) is 0. The lowest BCUT2D eigenvalue weighted by molar-refractivity contribution is 0.122. The van der Waals surface area contributed by atoms with Gasteiger partial charge in [0.2, 0.25) is 0 Å². The lowest BCUT2D eigenvalue weighted by Gasteiger charge is -2.28. The van der Waals surface area contributed by atoms with E-state index in [1.54, 1.807) is 23.5 Å². The van der Waals surface area contributed by atoms with Crippen molar-refractivity contribution in [1.29, 1.82) is 0 Å². The van der Waals surface area contributed by atoms with Crippen molar-refractivity contribution < 1.29 is 4.74 Å². The van der Waals surface area contributed by atoms with Gasteiger partial charge in [0.25, 0.3) is 0 Å². The highest BCUT2D eigenvalue weighted by molar-refractivity contribution is 7.17. The van der Waals surface area contributed by atoms with E-state index in [2.05, 4.69) is 28.4 Å². The maximum absolute atomic E-state index is 5.43. The van der Waals surface area contributed by atoms with E-state index >= 15 is 0 Å². The summed E-state index contributed by atoms with van der Waals surface area (Å²) in [5.74, 6) is 1.68. The summed E-state index contributed by atoms with van der Waals surface area (Å²) in [5.41, 5.74) is 1.86. The van der Waals surface area contributed by atoms with E-state index in [-0.39, 0.29) is 0 Å². The molecule has 1 saturated heterocycles. The van der Waals surface area contributed by atoms with Crippen molar-refractivity contribution in [3.05, 3.63) is 48.7 Å². The van der Waals surface area contributed by atoms with Gasteiger partial charge in [0.15, 0.2) is 11.6 Å². The van der Waals surface area contributed by atoms with Gasteiger partial charge in [-0.25, -0.2) is 9.97 Å². The molecule has 4 nitrogen and oxygen atoms in total. The summed E-state index contributed by atoms with van der Waals surface area (Å²) >= 11 is 1.68. The highest BCUT2D eigenvalue weighted by atomic mass is 32.1. The average molecular weight is 329 g/mol. The third kappa shape index (κ3) is 3.86. The molecule has 23 heavy (non-hydrogen) atoms. The van der Waals surface area contributed by atoms with E-state index in [1.807, 2.05) is 26.0 Å². The highest BCUT2D eigenvalue weighted by Gasteiger charge is 2.18. The fraction of sp³-hybridized carbons (Fsp3) is 0.333. The molecular formula is C18H23N3OS. The van der Waals surface area contributed by atoms with Gasteiger partial charge in [0.05, 0.1) is 23.4 Å². The van der Waals surface area contributed by atoms with Crippen molar-refractivity contribution in [2.75, 3.05) is 31.2 Å². The smallest absolute Gasteiger partial charge is 0.162 e. The van der Waals surface area contributed by atoms with Crippen LogP contribution in [0.25, 0.3) is 15.8 Å². The van der Waals surface area contributed by atoms with E-state index in [4.69, 9.17) is 9.72 Å². The van der Waals surface area contributed by atoms with Crippen LogP contribution in [-0.2, 0) is 4.74 Å². The first-order chi connectivity index (χ1) is 11.3. The number of hydrogen-bond donors (Lipinski definition) is 0. The predicted molar refractivity (Wildman–Crippen MR) is 100 cm³/mol. The zero-order valence-corrected chi connectivity index (χ0v) is 14.6. The minimum absolute atomic E-state index is 0.692. The van der Waals surface area contributed by atoms with Crippen LogP contribution in [0.2, 0.25) is 0 Å². The van der Waals surface area contributed by atoms with Gasteiger partial charge >= 0.3 is 0 Å². The lowest BCUT2D eigenvalue weighted by Crippen LogP contribution is -2.37. The fourth-order valence-corrected chi connectivity index (χ4v) is 3.18. The summed E-state index contributed by atoms with van der Waals surface area (Å²) in [6.07, 6.45) is 5.37. The van der Waals surface area contributed by atoms with Gasteiger partial charge in [-0.1, -0.05) is 45.2 Å². The number of allylic oxidation sites excluding steroid dienone is 4. The Morgan fingerprint density at radius 2 is 2.00 bits per heavy atom. The quantitative estimate of drug-likeness (QED) is 0.784. The molecule has 1 aliphatic rings. The maximum atomic E-state index is 5.43. The topological polar surface area (TPSA) is 38.2 Å². The van der Waals surface area contributed by atoms with E-state index in [9.17, 15) is 0 Å². The monoisotopic (exact) mass is 329 g/mol. The van der Waals surface area contributed by atoms with Crippen molar-refractivity contribution in [1.82, 2.24) is 9.97 Å². The number of rotatable bonds is 4. The Hall–Kier alpha value is -1.98. The third-order valence-electron chi connectivity index (χ3n) is 3.37. The molecule has 5 heteroatoms. The van der Waals surface area contributed by atoms with Crippen LogP contribution in [-0.4, -0.2) is 36.3 Å². The molecule has 0 amide bonds. The van der Waals surface area contributed by atoms with Gasteiger partial charge in [0, 0.05) is 18.7 Å². The standard InChI is InChI=1S/C16H17N3OS.C2H6/c1-3-5-12(4-2)15-17-13-6-11-21-14(13)16(18-15)19-7-9-20-10-8-19;1-2/h3-6,11H,1-2,7-10H2;1-2H3/b12-5+;. The number of hydrogen-bond acceptors (Lipinski definition) is 5. The number of aromatic nitrogens is 2. The predicted octanol–water partition coefficient (Wildman–Crippen LogP) is 4.31. The van der Waals surface area contributed by atoms with E-state index in [0.717, 1.165) is 47.9 Å². The number of fused-ring (bicyclic) bond motifs is 1. The van der Waals surface area contributed by atoms with E-state index in [0.29, 0.717) is 5.82 Å². The van der Waals surface area contributed by atoms with Crippen molar-refractivity contribution in [3.63, 3.8) is 0 Å². The van der Waals surface area contributed by atoms with Gasteiger partial charge in [0.1, 0.15) is 0 Å². The molecule has 0 radical (unpaired) electrons. The normalized spacial score (nSPS) is 15.0. The Morgan fingerprint density at radius 1 is 1.26 bits per heavy atom. The van der Waals surface area contributed by atoms with Gasteiger partial charge in [-0.3, -0.25) is 0 Å². The van der Waals surface area contributed by atoms with Gasteiger partial charge in [-0.2, -0.15) is 0 Å². The molecule has 0 saturated carbocycles. The van der Waals surface area contributed by atoms with E-state index < -0.39 is 0 Å². The van der Waals surface area contributed by atoms with Crippen LogP contribution in [0.3, 0.4) is 0 Å². The minimum Gasteiger partial charge on any atom is -0.378 e. The molecule has 0 bridgehead atoms. The Morgan fingerprint density at radius 3 is 2.65 bits per heavy atom. The van der Waals surface area contributed by atoms with Gasteiger partial charge < -0.3 is 9.64 Å². The average Bonchev–Trinajstić information content (AvgIpc) is 3.10. The number of thiophene rings is 1. The summed E-state index contributed by atoms with van der Waals surface area (Å²) in [4.78, 5) is 11.7. The molecule has 122 valence electrons. The second-order valence-corrected chi connectivity index (χ2v) is 5.58. The van der Waals surface area contributed by atoms with Crippen LogP contribution in [0, 0.1) is 0 Å². The molecule has 0 atom stereocenters. The lowest BCUT2D eigenvalue weighted by atomic mass is 10.2. The van der Waals surface area contributed by atoms with Crippen molar-refractivity contribution in [2.24, 2.45) is 0 Å². The van der Waals surface area contributed by atoms with Crippen LogP contribution in [0.4, 0.5) is 5.82 Å². The van der Waals surface area contributed by atoms with E-state index in [1.165, 1.54) is 0 Å². The number of morpholine rings is 1. The molecule has 3 heterocycles. The molecule has 0 unspecified atom stereocenters. The number of nitrogens with zero attached hydrogens (tertiary/aromatic N) is 3. The minimum atomic E-state index is 0.692. The summed E-state index contributed by atoms with van der Waals surface area (Å²) < 4.78 is 6.56. The first-order valence-corrected chi connectivity index (χ1v) is 8.75. The third-order valence-corrected chi connectivity index (χ3v) is 4.27. The molecule has 0 N–H and O–H groups in total. The van der Waals surface area contributed by atoms with Gasteiger partial charge in [-0.15, -0.1) is 11.3 Å². The Balaban J connectivity index is 0.000000924. The zero-order valence-electron chi connectivity index (χ0n) is 13.8. The molecule has 1 aliphatic heterocycles. The van der Waals surface area contributed by atoms with Crippen molar-refractivity contribution in [2.45, 2.75) is 13.8 Å². The van der Waals surface area contributed by atoms with Crippen LogP contribution < -0.4 is 4.90 Å². The molecule has 0 aromatic carbocycles. The zero-order chi connectivity index (χ0) is 16.7. The molecule has 3 rings (SSSR count). The first kappa shape index (κ1) is 17.4. The Bertz CT molecular complexity index is 699. The molecule has 2 aromatic rings. The molecular weight excluding hydrogens is 306 g/mol. The summed E-state index contributed by atoms with van der Waals surface area (Å²) in [6, 6.07) is 2.03.